The summed E-state index contributed by atoms with van der Waals surface area (Å²) in [6.07, 6.45) is 2.06. The Labute approximate surface area is 86.2 Å². The molecule has 0 amide bonds. The van der Waals surface area contributed by atoms with Gasteiger partial charge in [0.15, 0.2) is 0 Å². The zero-order valence-corrected chi connectivity index (χ0v) is 10.4. The van der Waals surface area contributed by atoms with Crippen LogP contribution in [0, 0.1) is 0 Å². The molecule has 1 nitrogen and oxygen atoms in total. The maximum absolute atomic E-state index is 6.27. The van der Waals surface area contributed by atoms with Crippen molar-refractivity contribution in [3.05, 3.63) is 0 Å². The van der Waals surface area contributed by atoms with Crippen LogP contribution in [0.15, 0.2) is 0 Å². The van der Waals surface area contributed by atoms with Gasteiger partial charge in [-0.3, -0.25) is 0 Å². The molecule has 0 aliphatic rings. The highest BCUT2D eigenvalue weighted by atomic mass is 35.6. The molecule has 0 aromatic rings. The van der Waals surface area contributed by atoms with Crippen LogP contribution in [0.3, 0.4) is 0 Å². The first-order valence-electron chi connectivity index (χ1n) is 4.57. The largest absolute Gasteiger partial charge is 0.403 e. The molecule has 0 aliphatic heterocycles. The minimum Gasteiger partial charge on any atom is -0.403 e. The lowest BCUT2D eigenvalue weighted by molar-refractivity contribution is 0.305. The van der Waals surface area contributed by atoms with E-state index in [1.807, 2.05) is 0 Å². The molecule has 0 saturated heterocycles. The highest BCUT2D eigenvalue weighted by Crippen LogP contribution is 2.21. The maximum atomic E-state index is 6.27. The van der Waals surface area contributed by atoms with Crippen LogP contribution < -0.4 is 0 Å². The molecule has 12 heavy (non-hydrogen) atoms. The van der Waals surface area contributed by atoms with Gasteiger partial charge in [0.05, 0.1) is 0 Å². The second-order valence-electron chi connectivity index (χ2n) is 2.83. The predicted octanol–water partition coefficient (Wildman–Crippen LogP) is 3.74. The minimum absolute atomic E-state index is 0.721. The van der Waals surface area contributed by atoms with Crippen molar-refractivity contribution in [1.82, 2.24) is 0 Å². The third kappa shape index (κ3) is 5.41. The van der Waals surface area contributed by atoms with E-state index in [4.69, 9.17) is 27.1 Å². The lowest BCUT2D eigenvalue weighted by Gasteiger charge is -2.21. The van der Waals surface area contributed by atoms with Gasteiger partial charge >= 0.3 is 0 Å². The van der Waals surface area contributed by atoms with Crippen molar-refractivity contribution in [3.8, 4) is 0 Å². The van der Waals surface area contributed by atoms with Crippen LogP contribution in [-0.2, 0) is 4.43 Å². The minimum atomic E-state index is -1.82. The van der Waals surface area contributed by atoms with Crippen LogP contribution in [-0.4, -0.2) is 20.1 Å². The monoisotopic (exact) mass is 228 g/mol. The van der Waals surface area contributed by atoms with Gasteiger partial charge in [-0.25, -0.2) is 0 Å². The molecule has 0 unspecified atom stereocenters. The van der Waals surface area contributed by atoms with E-state index in [1.54, 1.807) is 0 Å². The van der Waals surface area contributed by atoms with Crippen LogP contribution in [0.4, 0.5) is 0 Å². The fourth-order valence-electron chi connectivity index (χ4n) is 0.906. The predicted molar refractivity (Wildman–Crippen MR) is 58.5 cm³/mol. The second-order valence-corrected chi connectivity index (χ2v) is 8.75. The Hall–Kier alpha value is 0.757. The molecule has 0 atom stereocenters. The van der Waals surface area contributed by atoms with Crippen molar-refractivity contribution in [2.24, 2.45) is 0 Å². The van der Waals surface area contributed by atoms with Gasteiger partial charge in [0.2, 0.25) is 0 Å². The molecule has 0 aliphatic carbocycles. The van der Waals surface area contributed by atoms with Gasteiger partial charge in [-0.2, -0.15) is 0 Å². The molecular weight excluding hydrogens is 211 g/mol. The Bertz CT molecular complexity index is 107. The van der Waals surface area contributed by atoms with Gasteiger partial charge < -0.3 is 4.43 Å². The second kappa shape index (κ2) is 7.19. The van der Waals surface area contributed by atoms with Gasteiger partial charge in [0.1, 0.15) is 0 Å². The fraction of sp³-hybridized carbons (Fsp3) is 1.00. The van der Waals surface area contributed by atoms with Gasteiger partial charge in [-0.15, -0.1) is 22.7 Å². The average Bonchev–Trinajstić information content (AvgIpc) is 2.12. The summed E-state index contributed by atoms with van der Waals surface area (Å²) >= 11 is 11.8. The first-order valence-corrected chi connectivity index (χ1v) is 8.44. The number of hydrogen-bond donors (Lipinski definition) is 0. The standard InChI is InChI=1S/C8H18Cl2OSi/c1-3-12(10,4-2)11-8-6-5-7-9/h3-8H2,1-2H3. The number of rotatable bonds is 7. The summed E-state index contributed by atoms with van der Waals surface area (Å²) < 4.78 is 5.68. The molecular formula is C8H18Cl2OSi. The molecule has 0 bridgehead atoms. The van der Waals surface area contributed by atoms with E-state index in [-0.39, 0.29) is 0 Å². The molecule has 4 heteroatoms. The zero-order chi connectivity index (χ0) is 9.45. The van der Waals surface area contributed by atoms with Crippen molar-refractivity contribution >= 4 is 30.3 Å². The molecule has 0 radical (unpaired) electrons. The van der Waals surface area contributed by atoms with Gasteiger partial charge in [0.25, 0.3) is 7.63 Å². The summed E-state index contributed by atoms with van der Waals surface area (Å²) in [5, 5.41) is 0. The van der Waals surface area contributed by atoms with E-state index in [9.17, 15) is 0 Å². The Morgan fingerprint density at radius 3 is 2.17 bits per heavy atom. The van der Waals surface area contributed by atoms with E-state index in [2.05, 4.69) is 13.8 Å². The Morgan fingerprint density at radius 2 is 1.75 bits per heavy atom. The summed E-state index contributed by atoms with van der Waals surface area (Å²) in [4.78, 5) is 0. The van der Waals surface area contributed by atoms with Crippen molar-refractivity contribution in [1.29, 1.82) is 0 Å². The Balaban J connectivity index is 3.45. The van der Waals surface area contributed by atoms with Crippen molar-refractivity contribution in [2.75, 3.05) is 12.5 Å². The molecule has 0 aromatic heterocycles. The lowest BCUT2D eigenvalue weighted by atomic mass is 10.4. The summed E-state index contributed by atoms with van der Waals surface area (Å²) in [5.41, 5.74) is 0. The van der Waals surface area contributed by atoms with E-state index >= 15 is 0 Å². The fourth-order valence-corrected chi connectivity index (χ4v) is 2.74. The Morgan fingerprint density at radius 1 is 1.17 bits per heavy atom. The van der Waals surface area contributed by atoms with Gasteiger partial charge in [-0.05, 0) is 24.9 Å². The first kappa shape index (κ1) is 12.8. The molecule has 0 rings (SSSR count). The molecule has 0 fully saturated rings. The van der Waals surface area contributed by atoms with Crippen molar-refractivity contribution in [3.63, 3.8) is 0 Å². The number of hydrogen-bond acceptors (Lipinski definition) is 1. The van der Waals surface area contributed by atoms with Crippen molar-refractivity contribution < 1.29 is 4.43 Å². The van der Waals surface area contributed by atoms with E-state index in [1.165, 1.54) is 0 Å². The maximum Gasteiger partial charge on any atom is 0.289 e. The average molecular weight is 229 g/mol. The number of unbranched alkanes of at least 4 members (excludes halogenated alkanes) is 1. The summed E-state index contributed by atoms with van der Waals surface area (Å²) in [7, 11) is -1.82. The molecule has 0 N–H and O–H groups in total. The smallest absolute Gasteiger partial charge is 0.289 e. The van der Waals surface area contributed by atoms with Gasteiger partial charge in [0, 0.05) is 12.5 Å². The number of halogens is 2. The lowest BCUT2D eigenvalue weighted by Crippen LogP contribution is -2.30. The third-order valence-electron chi connectivity index (χ3n) is 1.94. The molecule has 0 heterocycles. The van der Waals surface area contributed by atoms with Crippen LogP contribution in [0.25, 0.3) is 0 Å². The SMILES string of the molecule is CC[Si](Cl)(CC)OCCCCCl. The topological polar surface area (TPSA) is 9.23 Å². The summed E-state index contributed by atoms with van der Waals surface area (Å²) in [6.45, 7) is 4.98. The van der Waals surface area contributed by atoms with E-state index < -0.39 is 7.63 Å². The molecule has 0 saturated carbocycles. The molecule has 0 spiro atoms. The third-order valence-corrected chi connectivity index (χ3v) is 6.98. The highest BCUT2D eigenvalue weighted by molar-refractivity contribution is 7.16. The van der Waals surface area contributed by atoms with E-state index in [0.29, 0.717) is 0 Å². The van der Waals surface area contributed by atoms with Crippen LogP contribution >= 0.6 is 22.7 Å². The zero-order valence-electron chi connectivity index (χ0n) is 7.91. The van der Waals surface area contributed by atoms with Crippen LogP contribution in [0.2, 0.25) is 12.1 Å². The Kier molecular flexibility index (Phi) is 7.64. The van der Waals surface area contributed by atoms with Crippen molar-refractivity contribution in [2.45, 2.75) is 38.8 Å². The van der Waals surface area contributed by atoms with Crippen LogP contribution in [0.5, 0.6) is 0 Å². The number of alkyl halides is 1. The quantitative estimate of drug-likeness (QED) is 0.279. The first-order chi connectivity index (χ1) is 5.68. The van der Waals surface area contributed by atoms with Gasteiger partial charge in [-0.1, -0.05) is 13.8 Å². The summed E-state index contributed by atoms with van der Waals surface area (Å²) in [6, 6.07) is 1.98. The van der Waals surface area contributed by atoms with E-state index in [0.717, 1.165) is 37.4 Å². The highest BCUT2D eigenvalue weighted by Gasteiger charge is 2.27. The molecule has 0 aromatic carbocycles. The summed E-state index contributed by atoms with van der Waals surface area (Å²) in [5.74, 6) is 0.721. The normalized spacial score (nSPS) is 12.0. The molecule has 74 valence electrons. The van der Waals surface area contributed by atoms with Crippen LogP contribution in [0.1, 0.15) is 26.7 Å².